The van der Waals surface area contributed by atoms with Crippen LogP contribution < -0.4 is 5.32 Å². The van der Waals surface area contributed by atoms with Gasteiger partial charge in [-0.05, 0) is 43.4 Å². The number of sulfone groups is 1. The molecule has 1 aliphatic rings. The molecular formula is C18H29N3O3S. The van der Waals surface area contributed by atoms with Crippen LogP contribution in [0.5, 0.6) is 0 Å². The van der Waals surface area contributed by atoms with Crippen LogP contribution in [0.2, 0.25) is 0 Å². The Bertz CT molecular complexity index is 667. The molecule has 7 heteroatoms. The van der Waals surface area contributed by atoms with Crippen LogP contribution in [0.4, 0.5) is 0 Å². The third-order valence-electron chi connectivity index (χ3n) is 4.08. The minimum atomic E-state index is -3.16. The Balaban J connectivity index is 1.88. The van der Waals surface area contributed by atoms with Gasteiger partial charge in [-0.25, -0.2) is 13.4 Å². The van der Waals surface area contributed by atoms with E-state index in [0.29, 0.717) is 18.0 Å². The lowest BCUT2D eigenvalue weighted by Gasteiger charge is -2.22. The van der Waals surface area contributed by atoms with Crippen LogP contribution >= 0.6 is 0 Å². The SMILES string of the molecule is CCNC(=NCc1ccc(S(C)(=O)=O)cc1)N(C)CCOCC1CC1. The molecule has 0 aromatic heterocycles. The lowest BCUT2D eigenvalue weighted by Crippen LogP contribution is -2.40. The van der Waals surface area contributed by atoms with Gasteiger partial charge < -0.3 is 15.0 Å². The number of nitrogens with one attached hydrogen (secondary N) is 1. The van der Waals surface area contributed by atoms with E-state index in [1.807, 2.05) is 26.1 Å². The topological polar surface area (TPSA) is 71.0 Å². The van der Waals surface area contributed by atoms with E-state index in [1.165, 1.54) is 19.1 Å². The van der Waals surface area contributed by atoms with Crippen molar-refractivity contribution in [1.29, 1.82) is 0 Å². The van der Waals surface area contributed by atoms with Crippen molar-refractivity contribution >= 4 is 15.8 Å². The molecule has 0 heterocycles. The predicted molar refractivity (Wildman–Crippen MR) is 101 cm³/mol. The second kappa shape index (κ2) is 9.20. The number of hydrogen-bond donors (Lipinski definition) is 1. The van der Waals surface area contributed by atoms with Crippen LogP contribution in [0.15, 0.2) is 34.2 Å². The zero-order chi connectivity index (χ0) is 18.3. The lowest BCUT2D eigenvalue weighted by molar-refractivity contribution is 0.115. The van der Waals surface area contributed by atoms with Gasteiger partial charge in [0.2, 0.25) is 0 Å². The van der Waals surface area contributed by atoms with Crippen LogP contribution in [0.25, 0.3) is 0 Å². The van der Waals surface area contributed by atoms with E-state index < -0.39 is 9.84 Å². The number of ether oxygens (including phenoxy) is 1. The number of guanidine groups is 1. The highest BCUT2D eigenvalue weighted by molar-refractivity contribution is 7.90. The molecule has 1 aliphatic carbocycles. The summed E-state index contributed by atoms with van der Waals surface area (Å²) in [6.07, 6.45) is 3.82. The normalized spacial score (nSPS) is 15.2. The summed E-state index contributed by atoms with van der Waals surface area (Å²) < 4.78 is 28.7. The molecule has 0 amide bonds. The quantitative estimate of drug-likeness (QED) is 0.410. The van der Waals surface area contributed by atoms with Crippen molar-refractivity contribution in [2.75, 3.05) is 39.6 Å². The molecule has 0 bridgehead atoms. The zero-order valence-corrected chi connectivity index (χ0v) is 16.2. The second-order valence-electron chi connectivity index (χ2n) is 6.53. The van der Waals surface area contributed by atoms with Gasteiger partial charge in [0.15, 0.2) is 15.8 Å². The van der Waals surface area contributed by atoms with E-state index in [1.54, 1.807) is 12.1 Å². The van der Waals surface area contributed by atoms with Gasteiger partial charge in [0.05, 0.1) is 18.0 Å². The van der Waals surface area contributed by atoms with E-state index in [2.05, 4.69) is 15.2 Å². The molecule has 0 saturated heterocycles. The summed E-state index contributed by atoms with van der Waals surface area (Å²) in [5.41, 5.74) is 0.973. The molecule has 25 heavy (non-hydrogen) atoms. The van der Waals surface area contributed by atoms with Gasteiger partial charge >= 0.3 is 0 Å². The number of rotatable bonds is 9. The maximum absolute atomic E-state index is 11.5. The summed E-state index contributed by atoms with van der Waals surface area (Å²) in [6, 6.07) is 6.87. The fraction of sp³-hybridized carbons (Fsp3) is 0.611. The van der Waals surface area contributed by atoms with Gasteiger partial charge in [-0.3, -0.25) is 0 Å². The van der Waals surface area contributed by atoms with Gasteiger partial charge in [0.1, 0.15) is 0 Å². The molecule has 0 atom stereocenters. The van der Waals surface area contributed by atoms with Crippen molar-refractivity contribution in [2.24, 2.45) is 10.9 Å². The summed E-state index contributed by atoms with van der Waals surface area (Å²) in [5.74, 6) is 1.60. The third-order valence-corrected chi connectivity index (χ3v) is 5.21. The molecule has 1 N–H and O–H groups in total. The molecule has 0 aliphatic heterocycles. The van der Waals surface area contributed by atoms with Gasteiger partial charge in [-0.15, -0.1) is 0 Å². The summed E-state index contributed by atoms with van der Waals surface area (Å²) in [4.78, 5) is 7.02. The first-order chi connectivity index (χ1) is 11.9. The number of nitrogens with zero attached hydrogens (tertiary/aromatic N) is 2. The Labute approximate surface area is 151 Å². The van der Waals surface area contributed by atoms with Crippen LogP contribution in [-0.2, 0) is 21.1 Å². The number of likely N-dealkylation sites (N-methyl/N-ethyl adjacent to an activating group) is 1. The lowest BCUT2D eigenvalue weighted by atomic mass is 10.2. The Morgan fingerprint density at radius 1 is 1.32 bits per heavy atom. The maximum Gasteiger partial charge on any atom is 0.194 e. The summed E-state index contributed by atoms with van der Waals surface area (Å²) in [5, 5.41) is 3.27. The van der Waals surface area contributed by atoms with Crippen LogP contribution in [-0.4, -0.2) is 58.9 Å². The Kier molecular flexibility index (Phi) is 7.25. The van der Waals surface area contributed by atoms with Gasteiger partial charge in [0, 0.05) is 33.0 Å². The number of hydrogen-bond acceptors (Lipinski definition) is 4. The average Bonchev–Trinajstić information content (AvgIpc) is 3.39. The van der Waals surface area contributed by atoms with Crippen molar-refractivity contribution < 1.29 is 13.2 Å². The smallest absolute Gasteiger partial charge is 0.194 e. The molecule has 1 aromatic carbocycles. The summed E-state index contributed by atoms with van der Waals surface area (Å²) >= 11 is 0. The van der Waals surface area contributed by atoms with Crippen LogP contribution in [0.1, 0.15) is 25.3 Å². The highest BCUT2D eigenvalue weighted by Gasteiger charge is 2.21. The number of benzene rings is 1. The molecule has 140 valence electrons. The molecule has 1 fully saturated rings. The first-order valence-corrected chi connectivity index (χ1v) is 10.7. The fourth-order valence-corrected chi connectivity index (χ4v) is 2.95. The molecule has 2 rings (SSSR count). The van der Waals surface area contributed by atoms with Crippen LogP contribution in [0.3, 0.4) is 0 Å². The molecule has 0 unspecified atom stereocenters. The van der Waals surface area contributed by atoms with E-state index in [9.17, 15) is 8.42 Å². The Hall–Kier alpha value is -1.60. The van der Waals surface area contributed by atoms with Crippen molar-refractivity contribution in [1.82, 2.24) is 10.2 Å². The summed E-state index contributed by atoms with van der Waals surface area (Å²) in [6.45, 7) is 5.67. The van der Waals surface area contributed by atoms with Crippen molar-refractivity contribution in [2.45, 2.75) is 31.2 Å². The molecular weight excluding hydrogens is 338 g/mol. The highest BCUT2D eigenvalue weighted by atomic mass is 32.2. The van der Waals surface area contributed by atoms with Crippen LogP contribution in [0, 0.1) is 5.92 Å². The monoisotopic (exact) mass is 367 g/mol. The third kappa shape index (κ3) is 7.04. The molecule has 6 nitrogen and oxygen atoms in total. The van der Waals surface area contributed by atoms with Crippen molar-refractivity contribution in [3.63, 3.8) is 0 Å². The second-order valence-corrected chi connectivity index (χ2v) is 8.54. The molecule has 0 radical (unpaired) electrons. The molecule has 0 spiro atoms. The fourth-order valence-electron chi connectivity index (χ4n) is 2.32. The van der Waals surface area contributed by atoms with Gasteiger partial charge in [0.25, 0.3) is 0 Å². The largest absolute Gasteiger partial charge is 0.379 e. The zero-order valence-electron chi connectivity index (χ0n) is 15.4. The minimum Gasteiger partial charge on any atom is -0.379 e. The molecule has 1 aromatic rings. The minimum absolute atomic E-state index is 0.331. The molecule has 1 saturated carbocycles. The predicted octanol–water partition coefficient (Wildman–Crippen LogP) is 1.91. The average molecular weight is 368 g/mol. The van der Waals surface area contributed by atoms with E-state index in [4.69, 9.17) is 4.74 Å². The number of aliphatic imine (C=N–C) groups is 1. The van der Waals surface area contributed by atoms with Gasteiger partial charge in [-0.1, -0.05) is 12.1 Å². The first-order valence-electron chi connectivity index (χ1n) is 8.76. The van der Waals surface area contributed by atoms with E-state index in [0.717, 1.165) is 37.1 Å². The Morgan fingerprint density at radius 3 is 2.56 bits per heavy atom. The van der Waals surface area contributed by atoms with Crippen molar-refractivity contribution in [3.05, 3.63) is 29.8 Å². The summed E-state index contributed by atoms with van der Waals surface area (Å²) in [7, 11) is -1.16. The highest BCUT2D eigenvalue weighted by Crippen LogP contribution is 2.28. The Morgan fingerprint density at radius 2 is 2.00 bits per heavy atom. The van der Waals surface area contributed by atoms with Gasteiger partial charge in [-0.2, -0.15) is 0 Å². The standard InChI is InChI=1S/C18H29N3O3S/c1-4-19-18(21(2)11-12-24-14-16-5-6-16)20-13-15-7-9-17(10-8-15)25(3,22)23/h7-10,16H,4-6,11-14H2,1-3H3,(H,19,20). The maximum atomic E-state index is 11.5. The van der Waals surface area contributed by atoms with E-state index in [-0.39, 0.29) is 0 Å². The van der Waals surface area contributed by atoms with E-state index >= 15 is 0 Å². The van der Waals surface area contributed by atoms with Crippen molar-refractivity contribution in [3.8, 4) is 0 Å². The first kappa shape index (κ1) is 19.7.